The molecule has 0 fully saturated rings. The van der Waals surface area contributed by atoms with Crippen molar-refractivity contribution in [3.8, 4) is 0 Å². The number of nitro benzene ring substituents is 1. The predicted molar refractivity (Wildman–Crippen MR) is 95.4 cm³/mol. The van der Waals surface area contributed by atoms with Crippen molar-refractivity contribution in [1.29, 1.82) is 0 Å². The van der Waals surface area contributed by atoms with E-state index in [0.717, 1.165) is 4.70 Å². The molecule has 0 aliphatic rings. The number of aromatic nitrogens is 1. The van der Waals surface area contributed by atoms with Crippen LogP contribution in [0.25, 0.3) is 16.3 Å². The minimum Gasteiger partial charge on any atom is -0.321 e. The molecule has 1 amide bonds. The Kier molecular flexibility index (Phi) is 4.54. The van der Waals surface area contributed by atoms with E-state index in [1.54, 1.807) is 35.9 Å². The molecule has 6 nitrogen and oxygen atoms in total. The Bertz CT molecular complexity index is 951. The van der Waals surface area contributed by atoms with E-state index in [1.165, 1.54) is 29.5 Å². The lowest BCUT2D eigenvalue weighted by Gasteiger charge is -2.04. The van der Waals surface area contributed by atoms with Gasteiger partial charge in [0.25, 0.3) is 5.69 Å². The van der Waals surface area contributed by atoms with Crippen LogP contribution in [0, 0.1) is 10.1 Å². The molecule has 0 radical (unpaired) electrons. The van der Waals surface area contributed by atoms with Crippen molar-refractivity contribution in [2.24, 2.45) is 0 Å². The van der Waals surface area contributed by atoms with Crippen LogP contribution in [-0.4, -0.2) is 15.8 Å². The summed E-state index contributed by atoms with van der Waals surface area (Å²) in [5.41, 5.74) is 3.65. The molecule has 1 aromatic heterocycles. The summed E-state index contributed by atoms with van der Waals surface area (Å²) in [5, 5.41) is 13.9. The van der Waals surface area contributed by atoms with Gasteiger partial charge in [-0.2, -0.15) is 0 Å². The summed E-state index contributed by atoms with van der Waals surface area (Å²) in [4.78, 5) is 26.4. The molecular weight excluding hydrogens is 350 g/mol. The highest BCUT2D eigenvalue weighted by molar-refractivity contribution is 7.17. The van der Waals surface area contributed by atoms with Gasteiger partial charge in [0.15, 0.2) is 0 Å². The number of thiazole rings is 1. The highest BCUT2D eigenvalue weighted by Crippen LogP contribution is 2.32. The molecule has 0 atom stereocenters. The number of fused-ring (bicyclic) bond motifs is 1. The fourth-order valence-corrected chi connectivity index (χ4v) is 3.12. The standard InChI is InChI=1S/C16H10ClN3O3S/c17-12-6-7-13(16-15(12)18-9-24-16)19-14(21)8-3-10-1-4-11(5-2-10)20(22)23/h1-9H,(H,19,21). The second-order valence-corrected chi connectivity index (χ2v) is 6.06. The van der Waals surface area contributed by atoms with Gasteiger partial charge >= 0.3 is 0 Å². The minimum atomic E-state index is -0.471. The van der Waals surface area contributed by atoms with E-state index in [-0.39, 0.29) is 11.6 Å². The molecular formula is C16H10ClN3O3S. The molecule has 0 bridgehead atoms. The highest BCUT2D eigenvalue weighted by Gasteiger charge is 2.09. The molecule has 1 N–H and O–H groups in total. The molecule has 0 saturated carbocycles. The van der Waals surface area contributed by atoms with Crippen molar-refractivity contribution in [3.05, 3.63) is 68.7 Å². The van der Waals surface area contributed by atoms with E-state index in [0.29, 0.717) is 21.8 Å². The number of hydrogen-bond donors (Lipinski definition) is 1. The van der Waals surface area contributed by atoms with Crippen LogP contribution in [0.3, 0.4) is 0 Å². The van der Waals surface area contributed by atoms with E-state index in [4.69, 9.17) is 11.6 Å². The molecule has 3 rings (SSSR count). The number of nitrogens with zero attached hydrogens (tertiary/aromatic N) is 2. The first-order valence-electron chi connectivity index (χ1n) is 6.80. The molecule has 0 aliphatic carbocycles. The molecule has 8 heteroatoms. The second-order valence-electron chi connectivity index (χ2n) is 4.80. The summed E-state index contributed by atoms with van der Waals surface area (Å²) in [6.07, 6.45) is 2.95. The first-order valence-corrected chi connectivity index (χ1v) is 8.05. The van der Waals surface area contributed by atoms with Crippen molar-refractivity contribution in [3.63, 3.8) is 0 Å². The lowest BCUT2D eigenvalue weighted by atomic mass is 10.2. The molecule has 120 valence electrons. The van der Waals surface area contributed by atoms with Crippen molar-refractivity contribution >= 4 is 56.5 Å². The smallest absolute Gasteiger partial charge is 0.269 e. The molecule has 0 aliphatic heterocycles. The largest absolute Gasteiger partial charge is 0.321 e. The average molecular weight is 360 g/mol. The lowest BCUT2D eigenvalue weighted by Crippen LogP contribution is -2.07. The Morgan fingerprint density at radius 3 is 2.71 bits per heavy atom. The van der Waals surface area contributed by atoms with Crippen molar-refractivity contribution < 1.29 is 9.72 Å². The Morgan fingerprint density at radius 2 is 2.00 bits per heavy atom. The number of hydrogen-bond acceptors (Lipinski definition) is 5. The predicted octanol–water partition coefficient (Wildman–Crippen LogP) is 4.51. The summed E-state index contributed by atoms with van der Waals surface area (Å²) in [5.74, 6) is -0.314. The van der Waals surface area contributed by atoms with E-state index >= 15 is 0 Å². The van der Waals surface area contributed by atoms with Gasteiger partial charge in [0, 0.05) is 18.2 Å². The summed E-state index contributed by atoms with van der Waals surface area (Å²) in [7, 11) is 0. The van der Waals surface area contributed by atoms with Gasteiger partial charge in [0.05, 0.1) is 25.8 Å². The highest BCUT2D eigenvalue weighted by atomic mass is 35.5. The van der Waals surface area contributed by atoms with Gasteiger partial charge in [0.1, 0.15) is 5.52 Å². The van der Waals surface area contributed by atoms with Gasteiger partial charge in [0.2, 0.25) is 5.91 Å². The van der Waals surface area contributed by atoms with Crippen LogP contribution >= 0.6 is 22.9 Å². The Morgan fingerprint density at radius 1 is 1.25 bits per heavy atom. The van der Waals surface area contributed by atoms with Crippen LogP contribution in [0.15, 0.2) is 48.0 Å². The number of nitro groups is 1. The number of anilines is 1. The third kappa shape index (κ3) is 3.42. The zero-order valence-corrected chi connectivity index (χ0v) is 13.7. The van der Waals surface area contributed by atoms with E-state index in [1.807, 2.05) is 0 Å². The Balaban J connectivity index is 1.74. The molecule has 1 heterocycles. The Labute approximate surface area is 145 Å². The Hall–Kier alpha value is -2.77. The normalized spacial score (nSPS) is 11.0. The number of rotatable bonds is 4. The van der Waals surface area contributed by atoms with Crippen molar-refractivity contribution in [1.82, 2.24) is 4.98 Å². The van der Waals surface area contributed by atoms with E-state index in [2.05, 4.69) is 10.3 Å². The van der Waals surface area contributed by atoms with Crippen LogP contribution in [0.2, 0.25) is 5.02 Å². The SMILES string of the molecule is O=C(C=Cc1ccc([N+](=O)[O-])cc1)Nc1ccc(Cl)c2ncsc12. The summed E-state index contributed by atoms with van der Waals surface area (Å²) in [6.45, 7) is 0. The second kappa shape index (κ2) is 6.77. The van der Waals surface area contributed by atoms with Gasteiger partial charge in [-0.15, -0.1) is 11.3 Å². The van der Waals surface area contributed by atoms with Crippen molar-refractivity contribution in [2.45, 2.75) is 0 Å². The number of carbonyl (C=O) groups excluding carboxylic acids is 1. The van der Waals surface area contributed by atoms with Gasteiger partial charge in [-0.1, -0.05) is 11.6 Å². The maximum atomic E-state index is 12.1. The number of amides is 1. The number of nitrogens with one attached hydrogen (secondary N) is 1. The topological polar surface area (TPSA) is 85.1 Å². The van der Waals surface area contributed by atoms with Crippen LogP contribution in [0.4, 0.5) is 11.4 Å². The molecule has 0 unspecified atom stereocenters. The maximum absolute atomic E-state index is 12.1. The quantitative estimate of drug-likeness (QED) is 0.422. The zero-order chi connectivity index (χ0) is 17.1. The number of benzene rings is 2. The van der Waals surface area contributed by atoms with Crippen molar-refractivity contribution in [2.75, 3.05) is 5.32 Å². The van der Waals surface area contributed by atoms with Gasteiger partial charge < -0.3 is 5.32 Å². The van der Waals surface area contributed by atoms with Gasteiger partial charge in [-0.05, 0) is 35.9 Å². The zero-order valence-electron chi connectivity index (χ0n) is 12.1. The number of halogens is 1. The first kappa shape index (κ1) is 16.1. The summed E-state index contributed by atoms with van der Waals surface area (Å²) < 4.78 is 0.805. The van der Waals surface area contributed by atoms with Crippen LogP contribution in [0.1, 0.15) is 5.56 Å². The van der Waals surface area contributed by atoms with E-state index in [9.17, 15) is 14.9 Å². The molecule has 3 aromatic rings. The minimum absolute atomic E-state index is 0.00496. The third-order valence-corrected chi connectivity index (χ3v) is 4.39. The third-order valence-electron chi connectivity index (χ3n) is 3.22. The van der Waals surface area contributed by atoms with Crippen LogP contribution < -0.4 is 5.32 Å². The van der Waals surface area contributed by atoms with Gasteiger partial charge in [-0.3, -0.25) is 14.9 Å². The van der Waals surface area contributed by atoms with E-state index < -0.39 is 4.92 Å². The summed E-state index contributed by atoms with van der Waals surface area (Å²) in [6, 6.07) is 9.33. The molecule has 0 spiro atoms. The lowest BCUT2D eigenvalue weighted by molar-refractivity contribution is -0.384. The van der Waals surface area contributed by atoms with Gasteiger partial charge in [-0.25, -0.2) is 4.98 Å². The molecule has 2 aromatic carbocycles. The number of carbonyl (C=O) groups is 1. The summed E-state index contributed by atoms with van der Waals surface area (Å²) >= 11 is 7.44. The maximum Gasteiger partial charge on any atom is 0.269 e. The first-order chi connectivity index (χ1) is 11.5. The molecule has 0 saturated heterocycles. The fourth-order valence-electron chi connectivity index (χ4n) is 2.07. The van der Waals surface area contributed by atoms with Crippen LogP contribution in [-0.2, 0) is 4.79 Å². The average Bonchev–Trinajstić information content (AvgIpc) is 3.07. The molecule has 24 heavy (non-hydrogen) atoms. The fraction of sp³-hybridized carbons (Fsp3) is 0. The number of non-ortho nitro benzene ring substituents is 1. The monoisotopic (exact) mass is 359 g/mol. The van der Waals surface area contributed by atoms with Crippen LogP contribution in [0.5, 0.6) is 0 Å².